The van der Waals surface area contributed by atoms with Crippen molar-refractivity contribution in [3.63, 3.8) is 0 Å². The number of carbonyl (C=O) groups excluding carboxylic acids is 2. The maximum Gasteiger partial charge on any atom is 0.349 e. The molecule has 1 aromatic carbocycles. The molecule has 0 saturated heterocycles. The largest absolute Gasteiger partial charge is 0.448 e. The third-order valence-electron chi connectivity index (χ3n) is 4.31. The zero-order chi connectivity index (χ0) is 18.8. The topological polar surface area (TPSA) is 55.4 Å². The SMILES string of the molecule is C[C@@H]1CCc2sc(C(=O)O[C@@H](C)C(=O)Nc3cc(Cl)cc(Cl)c3)cc2C1. The summed E-state index contributed by atoms with van der Waals surface area (Å²) in [5.41, 5.74) is 1.68. The summed E-state index contributed by atoms with van der Waals surface area (Å²) in [5.74, 6) is -0.273. The normalized spacial score (nSPS) is 17.3. The zero-order valence-corrected chi connectivity index (χ0v) is 16.8. The molecule has 1 aliphatic carbocycles. The average molecular weight is 412 g/mol. The van der Waals surface area contributed by atoms with Gasteiger partial charge in [0.1, 0.15) is 4.88 Å². The van der Waals surface area contributed by atoms with Gasteiger partial charge in [0.05, 0.1) is 0 Å². The molecule has 1 aromatic heterocycles. The van der Waals surface area contributed by atoms with Gasteiger partial charge < -0.3 is 10.1 Å². The second-order valence-electron chi connectivity index (χ2n) is 6.60. The Morgan fingerprint density at radius 3 is 2.62 bits per heavy atom. The van der Waals surface area contributed by atoms with Crippen molar-refractivity contribution >= 4 is 52.1 Å². The second kappa shape index (κ2) is 7.99. The molecule has 0 bridgehead atoms. The third-order valence-corrected chi connectivity index (χ3v) is 5.97. The van der Waals surface area contributed by atoms with E-state index in [1.165, 1.54) is 28.7 Å². The Balaban J connectivity index is 1.62. The number of aryl methyl sites for hydroxylation is 1. The Morgan fingerprint density at radius 1 is 1.23 bits per heavy atom. The molecule has 0 saturated carbocycles. The molecule has 2 aromatic rings. The lowest BCUT2D eigenvalue weighted by Crippen LogP contribution is -2.29. The Kier molecular flexibility index (Phi) is 5.90. The van der Waals surface area contributed by atoms with Gasteiger partial charge in [0, 0.05) is 20.6 Å². The predicted octanol–water partition coefficient (Wildman–Crippen LogP) is 5.36. The van der Waals surface area contributed by atoms with Crippen LogP contribution in [0.25, 0.3) is 0 Å². The molecule has 26 heavy (non-hydrogen) atoms. The van der Waals surface area contributed by atoms with Crippen LogP contribution in [0.1, 0.15) is 40.4 Å². The number of fused-ring (bicyclic) bond motifs is 1. The quantitative estimate of drug-likeness (QED) is 0.688. The van der Waals surface area contributed by atoms with Crippen molar-refractivity contribution in [3.8, 4) is 0 Å². The van der Waals surface area contributed by atoms with E-state index in [0.717, 1.165) is 19.3 Å². The van der Waals surface area contributed by atoms with Crippen LogP contribution in [0.2, 0.25) is 10.0 Å². The molecule has 4 nitrogen and oxygen atoms in total. The monoisotopic (exact) mass is 411 g/mol. The van der Waals surface area contributed by atoms with Gasteiger partial charge in [-0.05, 0) is 61.9 Å². The zero-order valence-electron chi connectivity index (χ0n) is 14.5. The fourth-order valence-corrected chi connectivity index (χ4v) is 4.57. The van der Waals surface area contributed by atoms with E-state index >= 15 is 0 Å². The van der Waals surface area contributed by atoms with Crippen LogP contribution in [0.15, 0.2) is 24.3 Å². The summed E-state index contributed by atoms with van der Waals surface area (Å²) in [7, 11) is 0. The number of nitrogens with one attached hydrogen (secondary N) is 1. The number of halogens is 2. The average Bonchev–Trinajstić information content (AvgIpc) is 2.96. The summed E-state index contributed by atoms with van der Waals surface area (Å²) in [4.78, 5) is 26.5. The number of hydrogen-bond donors (Lipinski definition) is 1. The van der Waals surface area contributed by atoms with Crippen molar-refractivity contribution in [1.29, 1.82) is 0 Å². The highest BCUT2D eigenvalue weighted by Gasteiger charge is 2.24. The summed E-state index contributed by atoms with van der Waals surface area (Å²) in [6, 6.07) is 6.63. The molecule has 1 aliphatic rings. The van der Waals surface area contributed by atoms with Crippen LogP contribution >= 0.6 is 34.5 Å². The van der Waals surface area contributed by atoms with E-state index in [2.05, 4.69) is 12.2 Å². The van der Waals surface area contributed by atoms with Gasteiger partial charge in [-0.15, -0.1) is 11.3 Å². The molecule has 138 valence electrons. The van der Waals surface area contributed by atoms with Crippen LogP contribution < -0.4 is 5.32 Å². The minimum atomic E-state index is -0.932. The Morgan fingerprint density at radius 2 is 1.92 bits per heavy atom. The standard InChI is InChI=1S/C19H19Cl2NO3S/c1-10-3-4-16-12(5-10)6-17(26-16)19(24)25-11(2)18(23)22-15-8-13(20)7-14(21)9-15/h6-11H,3-5H2,1-2H3,(H,22,23)/t10-,11+/m1/s1. The van der Waals surface area contributed by atoms with Crippen LogP contribution in [-0.2, 0) is 22.4 Å². The number of benzene rings is 1. The Hall–Kier alpha value is -1.56. The van der Waals surface area contributed by atoms with Crippen molar-refractivity contribution in [2.24, 2.45) is 5.92 Å². The van der Waals surface area contributed by atoms with Gasteiger partial charge in [0.2, 0.25) is 0 Å². The third kappa shape index (κ3) is 4.58. The highest BCUT2D eigenvalue weighted by Crippen LogP contribution is 2.32. The van der Waals surface area contributed by atoms with Gasteiger partial charge >= 0.3 is 5.97 Å². The number of ether oxygens (including phenoxy) is 1. The Bertz CT molecular complexity index is 829. The molecule has 0 spiro atoms. The maximum absolute atomic E-state index is 12.4. The predicted molar refractivity (Wildman–Crippen MR) is 105 cm³/mol. The molecular formula is C19H19Cl2NO3S. The molecule has 3 rings (SSSR count). The first-order valence-electron chi connectivity index (χ1n) is 8.41. The molecule has 7 heteroatoms. The van der Waals surface area contributed by atoms with Crippen molar-refractivity contribution in [3.05, 3.63) is 49.6 Å². The van der Waals surface area contributed by atoms with Gasteiger partial charge in [-0.3, -0.25) is 4.79 Å². The van der Waals surface area contributed by atoms with Crippen LogP contribution in [0.4, 0.5) is 5.69 Å². The fraction of sp³-hybridized carbons (Fsp3) is 0.368. The van der Waals surface area contributed by atoms with E-state index in [4.69, 9.17) is 27.9 Å². The molecule has 0 aliphatic heterocycles. The molecular weight excluding hydrogens is 393 g/mol. The van der Waals surface area contributed by atoms with Crippen molar-refractivity contribution < 1.29 is 14.3 Å². The first-order valence-corrected chi connectivity index (χ1v) is 9.98. The number of anilines is 1. The summed E-state index contributed by atoms with van der Waals surface area (Å²) >= 11 is 13.3. The lowest BCUT2D eigenvalue weighted by molar-refractivity contribution is -0.123. The summed E-state index contributed by atoms with van der Waals surface area (Å²) < 4.78 is 5.33. The summed E-state index contributed by atoms with van der Waals surface area (Å²) in [6.45, 7) is 3.75. The number of amides is 1. The van der Waals surface area contributed by atoms with E-state index in [1.807, 2.05) is 6.07 Å². The van der Waals surface area contributed by atoms with Crippen molar-refractivity contribution in [2.75, 3.05) is 5.32 Å². The van der Waals surface area contributed by atoms with E-state index in [1.54, 1.807) is 18.2 Å². The summed E-state index contributed by atoms with van der Waals surface area (Å²) in [6.07, 6.45) is 2.20. The van der Waals surface area contributed by atoms with Gasteiger partial charge in [-0.25, -0.2) is 4.79 Å². The van der Waals surface area contributed by atoms with E-state index in [-0.39, 0.29) is 0 Å². The van der Waals surface area contributed by atoms with Crippen molar-refractivity contribution in [1.82, 2.24) is 0 Å². The Labute approximate surface area is 166 Å². The molecule has 0 radical (unpaired) electrons. The number of esters is 1. The lowest BCUT2D eigenvalue weighted by Gasteiger charge is -2.16. The highest BCUT2D eigenvalue weighted by atomic mass is 35.5. The number of rotatable bonds is 4. The summed E-state index contributed by atoms with van der Waals surface area (Å²) in [5, 5.41) is 3.48. The number of thiophene rings is 1. The lowest BCUT2D eigenvalue weighted by atomic mass is 9.90. The van der Waals surface area contributed by atoms with Crippen molar-refractivity contribution in [2.45, 2.75) is 39.2 Å². The highest BCUT2D eigenvalue weighted by molar-refractivity contribution is 7.14. The molecule has 0 unspecified atom stereocenters. The molecule has 0 fully saturated rings. The minimum absolute atomic E-state index is 0.413. The maximum atomic E-state index is 12.4. The van der Waals surface area contributed by atoms with Crippen LogP contribution in [0.5, 0.6) is 0 Å². The molecule has 1 heterocycles. The van der Waals surface area contributed by atoms with Crippen LogP contribution in [0, 0.1) is 5.92 Å². The van der Waals surface area contributed by atoms with Gasteiger partial charge in [0.15, 0.2) is 6.10 Å². The molecule has 1 amide bonds. The smallest absolute Gasteiger partial charge is 0.349 e. The van der Waals surface area contributed by atoms with Gasteiger partial charge in [0.25, 0.3) is 5.91 Å². The van der Waals surface area contributed by atoms with Crippen LogP contribution in [0.3, 0.4) is 0 Å². The first-order chi connectivity index (χ1) is 12.3. The van der Waals surface area contributed by atoms with Gasteiger partial charge in [-0.1, -0.05) is 30.1 Å². The van der Waals surface area contributed by atoms with E-state index in [9.17, 15) is 9.59 Å². The van der Waals surface area contributed by atoms with Crippen LogP contribution in [-0.4, -0.2) is 18.0 Å². The molecule has 1 N–H and O–H groups in total. The number of hydrogen-bond acceptors (Lipinski definition) is 4. The fourth-order valence-electron chi connectivity index (χ4n) is 2.95. The number of carbonyl (C=O) groups is 2. The minimum Gasteiger partial charge on any atom is -0.448 e. The van der Waals surface area contributed by atoms with E-state index < -0.39 is 18.0 Å². The van der Waals surface area contributed by atoms with E-state index in [0.29, 0.717) is 26.5 Å². The molecule has 2 atom stereocenters. The second-order valence-corrected chi connectivity index (χ2v) is 8.61. The first kappa shape index (κ1) is 19.2. The van der Waals surface area contributed by atoms with Gasteiger partial charge in [-0.2, -0.15) is 0 Å².